The van der Waals surface area contributed by atoms with E-state index in [1.807, 2.05) is 55.5 Å². The van der Waals surface area contributed by atoms with Gasteiger partial charge in [-0.05, 0) is 30.2 Å². The molecule has 0 saturated heterocycles. The number of para-hydroxylation sites is 1. The lowest BCUT2D eigenvalue weighted by Crippen LogP contribution is -2.23. The van der Waals surface area contributed by atoms with Crippen LogP contribution in [0.5, 0.6) is 5.75 Å². The second kappa shape index (κ2) is 9.09. The minimum absolute atomic E-state index is 0.212. The van der Waals surface area contributed by atoms with Crippen molar-refractivity contribution in [1.82, 2.24) is 10.5 Å². The second-order valence-corrected chi connectivity index (χ2v) is 6.74. The van der Waals surface area contributed by atoms with E-state index in [1.165, 1.54) is 0 Å². The second-order valence-electron chi connectivity index (χ2n) is 6.74. The van der Waals surface area contributed by atoms with Gasteiger partial charge in [-0.3, -0.25) is 4.79 Å². The van der Waals surface area contributed by atoms with E-state index in [4.69, 9.17) is 9.26 Å². The molecule has 0 radical (unpaired) electrons. The molecule has 5 nitrogen and oxygen atoms in total. The van der Waals surface area contributed by atoms with Crippen LogP contribution in [-0.2, 0) is 6.54 Å². The predicted octanol–water partition coefficient (Wildman–Crippen LogP) is 5.34. The number of amides is 1. The van der Waals surface area contributed by atoms with Crippen LogP contribution in [0.15, 0.2) is 89.5 Å². The van der Waals surface area contributed by atoms with Crippen molar-refractivity contribution in [3.63, 3.8) is 0 Å². The van der Waals surface area contributed by atoms with Crippen molar-refractivity contribution in [2.24, 2.45) is 0 Å². The van der Waals surface area contributed by atoms with Crippen molar-refractivity contribution in [2.45, 2.75) is 13.5 Å². The van der Waals surface area contributed by atoms with Crippen molar-refractivity contribution in [3.8, 4) is 28.2 Å². The van der Waals surface area contributed by atoms with Gasteiger partial charge in [0.25, 0.3) is 5.91 Å². The molecule has 1 aromatic heterocycles. The third-order valence-corrected chi connectivity index (χ3v) is 4.70. The summed E-state index contributed by atoms with van der Waals surface area (Å²) in [5.41, 5.74) is 4.39. The zero-order chi connectivity index (χ0) is 20.8. The first-order chi connectivity index (χ1) is 14.7. The molecule has 0 spiro atoms. The first-order valence-electron chi connectivity index (χ1n) is 9.86. The summed E-state index contributed by atoms with van der Waals surface area (Å²) in [7, 11) is 0. The molecule has 0 bridgehead atoms. The van der Waals surface area contributed by atoms with E-state index in [0.717, 1.165) is 16.7 Å². The third-order valence-electron chi connectivity index (χ3n) is 4.70. The van der Waals surface area contributed by atoms with Crippen LogP contribution >= 0.6 is 0 Å². The van der Waals surface area contributed by atoms with Crippen LogP contribution in [0.2, 0.25) is 0 Å². The smallest absolute Gasteiger partial charge is 0.255 e. The van der Waals surface area contributed by atoms with Crippen LogP contribution in [-0.4, -0.2) is 17.7 Å². The lowest BCUT2D eigenvalue weighted by atomic mass is 10.0. The van der Waals surface area contributed by atoms with Gasteiger partial charge in [0.2, 0.25) is 0 Å². The Morgan fingerprint density at radius 1 is 0.900 bits per heavy atom. The molecule has 5 heteroatoms. The summed E-state index contributed by atoms with van der Waals surface area (Å²) < 4.78 is 11.0. The summed E-state index contributed by atoms with van der Waals surface area (Å²) >= 11 is 0. The van der Waals surface area contributed by atoms with Crippen molar-refractivity contribution in [3.05, 3.63) is 96.2 Å². The molecule has 0 aliphatic rings. The highest BCUT2D eigenvalue weighted by molar-refractivity contribution is 5.96. The Bertz CT molecular complexity index is 1120. The summed E-state index contributed by atoms with van der Waals surface area (Å²) in [4.78, 5) is 12.5. The molecular weight excluding hydrogens is 376 g/mol. The number of carbonyl (C=O) groups is 1. The number of aromatic nitrogens is 1. The van der Waals surface area contributed by atoms with Gasteiger partial charge in [-0.2, -0.15) is 0 Å². The van der Waals surface area contributed by atoms with E-state index in [2.05, 4.69) is 34.7 Å². The molecule has 0 aliphatic carbocycles. The normalized spacial score (nSPS) is 10.6. The van der Waals surface area contributed by atoms with Gasteiger partial charge < -0.3 is 14.6 Å². The number of nitrogens with one attached hydrogen (secondary N) is 1. The zero-order valence-electron chi connectivity index (χ0n) is 16.7. The number of hydrogen-bond donors (Lipinski definition) is 1. The number of hydrogen-bond acceptors (Lipinski definition) is 4. The largest absolute Gasteiger partial charge is 0.493 e. The van der Waals surface area contributed by atoms with Crippen molar-refractivity contribution >= 4 is 5.91 Å². The third kappa shape index (κ3) is 4.41. The summed E-state index contributed by atoms with van der Waals surface area (Å²) in [6.45, 7) is 2.66. The molecule has 4 rings (SSSR count). The molecule has 3 aromatic carbocycles. The van der Waals surface area contributed by atoms with E-state index in [9.17, 15) is 4.79 Å². The Morgan fingerprint density at radius 2 is 1.57 bits per heavy atom. The monoisotopic (exact) mass is 398 g/mol. The van der Waals surface area contributed by atoms with Gasteiger partial charge in [0.15, 0.2) is 5.76 Å². The molecule has 0 saturated carbocycles. The fourth-order valence-corrected chi connectivity index (χ4v) is 3.19. The Labute approximate surface area is 175 Å². The van der Waals surface area contributed by atoms with Crippen LogP contribution in [0.25, 0.3) is 22.5 Å². The van der Waals surface area contributed by atoms with Gasteiger partial charge in [-0.25, -0.2) is 0 Å². The number of nitrogens with zero attached hydrogens (tertiary/aromatic N) is 1. The fraction of sp³-hybridized carbons (Fsp3) is 0.120. The standard InChI is InChI=1S/C25H22N2O3/c1-2-29-23-11-7-6-10-22(23)25(28)26-17-21-16-24(30-27-21)20-14-12-19(13-15-20)18-8-4-3-5-9-18/h3-16H,2,17H2,1H3,(H,26,28). The Balaban J connectivity index is 1.42. The lowest BCUT2D eigenvalue weighted by molar-refractivity contribution is 0.0946. The van der Waals surface area contributed by atoms with E-state index < -0.39 is 0 Å². The maximum atomic E-state index is 12.5. The molecule has 1 N–H and O–H groups in total. The van der Waals surface area contributed by atoms with Gasteiger partial charge in [-0.15, -0.1) is 0 Å². The van der Waals surface area contributed by atoms with Gasteiger partial charge in [0, 0.05) is 11.6 Å². The highest BCUT2D eigenvalue weighted by atomic mass is 16.5. The fourth-order valence-electron chi connectivity index (χ4n) is 3.19. The molecule has 30 heavy (non-hydrogen) atoms. The van der Waals surface area contributed by atoms with E-state index in [-0.39, 0.29) is 12.5 Å². The van der Waals surface area contributed by atoms with Gasteiger partial charge in [0.1, 0.15) is 11.4 Å². The molecule has 1 heterocycles. The summed E-state index contributed by atoms with van der Waals surface area (Å²) in [6.07, 6.45) is 0. The summed E-state index contributed by atoms with van der Waals surface area (Å²) in [5.74, 6) is 1.02. The number of carbonyl (C=O) groups excluding carboxylic acids is 1. The summed E-state index contributed by atoms with van der Waals surface area (Å²) in [6, 6.07) is 27.3. The molecule has 1 amide bonds. The van der Waals surface area contributed by atoms with Crippen molar-refractivity contribution in [2.75, 3.05) is 6.61 Å². The van der Waals surface area contributed by atoms with Crippen LogP contribution in [0.3, 0.4) is 0 Å². The predicted molar refractivity (Wildman–Crippen MR) is 116 cm³/mol. The molecule has 4 aromatic rings. The topological polar surface area (TPSA) is 64.4 Å². The van der Waals surface area contributed by atoms with Crippen LogP contribution in [0.1, 0.15) is 23.0 Å². The van der Waals surface area contributed by atoms with Gasteiger partial charge in [0.05, 0.1) is 18.7 Å². The maximum absolute atomic E-state index is 12.5. The molecule has 0 atom stereocenters. The molecular formula is C25H22N2O3. The van der Waals surface area contributed by atoms with Crippen LogP contribution < -0.4 is 10.1 Å². The Morgan fingerprint density at radius 3 is 2.33 bits per heavy atom. The van der Waals surface area contributed by atoms with Gasteiger partial charge >= 0.3 is 0 Å². The lowest BCUT2D eigenvalue weighted by Gasteiger charge is -2.09. The quantitative estimate of drug-likeness (QED) is 0.457. The Hall–Kier alpha value is -3.86. The summed E-state index contributed by atoms with van der Waals surface area (Å²) in [5, 5.41) is 6.94. The van der Waals surface area contributed by atoms with Crippen LogP contribution in [0, 0.1) is 0 Å². The minimum Gasteiger partial charge on any atom is -0.493 e. The average Bonchev–Trinajstić information content (AvgIpc) is 3.28. The molecule has 150 valence electrons. The van der Waals surface area contributed by atoms with Gasteiger partial charge in [-0.1, -0.05) is 71.9 Å². The maximum Gasteiger partial charge on any atom is 0.255 e. The number of ether oxygens (including phenoxy) is 1. The van der Waals surface area contributed by atoms with E-state index >= 15 is 0 Å². The SMILES string of the molecule is CCOc1ccccc1C(=O)NCc1cc(-c2ccc(-c3ccccc3)cc2)on1. The van der Waals surface area contributed by atoms with Crippen LogP contribution in [0.4, 0.5) is 0 Å². The first kappa shape index (κ1) is 19.5. The minimum atomic E-state index is -0.212. The number of benzene rings is 3. The van der Waals surface area contributed by atoms with Crippen molar-refractivity contribution < 1.29 is 14.1 Å². The zero-order valence-corrected chi connectivity index (χ0v) is 16.7. The van der Waals surface area contributed by atoms with E-state index in [0.29, 0.717) is 29.4 Å². The average molecular weight is 398 g/mol. The Kier molecular flexibility index (Phi) is 5.90. The van der Waals surface area contributed by atoms with Crippen molar-refractivity contribution in [1.29, 1.82) is 0 Å². The van der Waals surface area contributed by atoms with E-state index in [1.54, 1.807) is 12.1 Å². The number of rotatable bonds is 7. The molecule has 0 unspecified atom stereocenters. The highest BCUT2D eigenvalue weighted by Gasteiger charge is 2.13. The highest BCUT2D eigenvalue weighted by Crippen LogP contribution is 2.25. The molecule has 0 aliphatic heterocycles. The first-order valence-corrected chi connectivity index (χ1v) is 9.86. The molecule has 0 fully saturated rings.